The van der Waals surface area contributed by atoms with Gasteiger partial charge in [-0.25, -0.2) is 4.39 Å². The predicted molar refractivity (Wildman–Crippen MR) is 99.8 cm³/mol. The van der Waals surface area contributed by atoms with Crippen molar-refractivity contribution in [2.45, 2.75) is 58.3 Å². The fourth-order valence-electron chi connectivity index (χ4n) is 3.16. The average Bonchev–Trinajstić information content (AvgIpc) is 2.57. The molecular formula is C20H31FN2O3. The molecule has 1 saturated heterocycles. The smallest absolute Gasteiger partial charge is 0.220 e. The van der Waals surface area contributed by atoms with Gasteiger partial charge in [0.1, 0.15) is 0 Å². The minimum atomic E-state index is -0.382. The fraction of sp³-hybridized carbons (Fsp3) is 0.650. The molecule has 2 rings (SSSR count). The van der Waals surface area contributed by atoms with Crippen LogP contribution in [0.1, 0.15) is 40.5 Å². The molecule has 0 aliphatic carbocycles. The van der Waals surface area contributed by atoms with Gasteiger partial charge in [0.05, 0.1) is 18.8 Å². The Balaban J connectivity index is 1.68. The second-order valence-corrected chi connectivity index (χ2v) is 7.63. The van der Waals surface area contributed by atoms with Gasteiger partial charge in [0.25, 0.3) is 0 Å². The number of benzene rings is 1. The number of amides is 1. The van der Waals surface area contributed by atoms with Crippen molar-refractivity contribution in [3.05, 3.63) is 30.1 Å². The van der Waals surface area contributed by atoms with Crippen molar-refractivity contribution in [1.82, 2.24) is 10.2 Å². The van der Waals surface area contributed by atoms with Gasteiger partial charge in [-0.15, -0.1) is 0 Å². The van der Waals surface area contributed by atoms with Crippen LogP contribution < -0.4 is 10.1 Å². The van der Waals surface area contributed by atoms with Crippen molar-refractivity contribution >= 4 is 5.91 Å². The van der Waals surface area contributed by atoms with Crippen LogP contribution in [-0.2, 0) is 9.53 Å². The third kappa shape index (κ3) is 6.25. The predicted octanol–water partition coefficient (Wildman–Crippen LogP) is 2.99. The quantitative estimate of drug-likeness (QED) is 0.719. The summed E-state index contributed by atoms with van der Waals surface area (Å²) in [5.41, 5.74) is -0.133. The Hall–Kier alpha value is -1.66. The summed E-state index contributed by atoms with van der Waals surface area (Å²) in [6.07, 6.45) is 1.31. The van der Waals surface area contributed by atoms with E-state index in [1.165, 1.54) is 6.07 Å². The zero-order valence-electron chi connectivity index (χ0n) is 16.3. The second-order valence-electron chi connectivity index (χ2n) is 7.63. The molecule has 0 saturated carbocycles. The molecule has 0 bridgehead atoms. The van der Waals surface area contributed by atoms with Gasteiger partial charge in [-0.3, -0.25) is 9.69 Å². The largest absolute Gasteiger partial charge is 0.491 e. The van der Waals surface area contributed by atoms with Crippen molar-refractivity contribution in [1.29, 1.82) is 0 Å². The Morgan fingerprint density at radius 1 is 1.31 bits per heavy atom. The first-order chi connectivity index (χ1) is 12.3. The molecule has 6 heteroatoms. The van der Waals surface area contributed by atoms with E-state index in [-0.39, 0.29) is 35.2 Å². The molecule has 146 valence electrons. The highest BCUT2D eigenvalue weighted by atomic mass is 19.1. The van der Waals surface area contributed by atoms with Crippen LogP contribution in [0, 0.1) is 5.82 Å². The highest BCUT2D eigenvalue weighted by molar-refractivity contribution is 5.75. The molecule has 1 aromatic rings. The second kappa shape index (κ2) is 9.33. The Morgan fingerprint density at radius 3 is 2.62 bits per heavy atom. The summed E-state index contributed by atoms with van der Waals surface area (Å²) < 4.78 is 24.6. The van der Waals surface area contributed by atoms with Crippen LogP contribution in [0.5, 0.6) is 5.75 Å². The van der Waals surface area contributed by atoms with Crippen molar-refractivity contribution in [3.63, 3.8) is 0 Å². The van der Waals surface area contributed by atoms with Crippen molar-refractivity contribution in [3.8, 4) is 5.75 Å². The van der Waals surface area contributed by atoms with E-state index in [1.54, 1.807) is 18.2 Å². The van der Waals surface area contributed by atoms with Crippen LogP contribution >= 0.6 is 0 Å². The first kappa shape index (κ1) is 20.6. The Bertz CT molecular complexity index is 584. The summed E-state index contributed by atoms with van der Waals surface area (Å²) in [6.45, 7) is 11.1. The molecule has 1 heterocycles. The third-order valence-corrected chi connectivity index (χ3v) is 4.64. The van der Waals surface area contributed by atoms with E-state index in [0.717, 1.165) is 13.1 Å². The standard InChI is InChI=1S/C20H31FN2O3/c1-15-12-23(13-16(2)26-15)20(3,4)14-22-19(24)10-7-11-25-18-9-6-5-8-17(18)21/h5-6,8-9,15-16H,7,10-14H2,1-4H3,(H,22,24)/t15-,16+. The number of hydrogen-bond donors (Lipinski definition) is 1. The summed E-state index contributed by atoms with van der Waals surface area (Å²) in [4.78, 5) is 14.5. The number of morpholine rings is 1. The zero-order valence-corrected chi connectivity index (χ0v) is 16.3. The first-order valence-corrected chi connectivity index (χ1v) is 9.32. The van der Waals surface area contributed by atoms with E-state index in [9.17, 15) is 9.18 Å². The summed E-state index contributed by atoms with van der Waals surface area (Å²) in [7, 11) is 0. The number of para-hydroxylation sites is 1. The van der Waals surface area contributed by atoms with Crippen LogP contribution in [0.15, 0.2) is 24.3 Å². The molecule has 5 nitrogen and oxygen atoms in total. The van der Waals surface area contributed by atoms with Crippen LogP contribution in [0.2, 0.25) is 0 Å². The van der Waals surface area contributed by atoms with Gasteiger partial charge in [0.2, 0.25) is 5.91 Å². The summed E-state index contributed by atoms with van der Waals surface area (Å²) >= 11 is 0. The topological polar surface area (TPSA) is 50.8 Å². The van der Waals surface area contributed by atoms with Crippen LogP contribution in [0.3, 0.4) is 0 Å². The van der Waals surface area contributed by atoms with Crippen LogP contribution in [0.4, 0.5) is 4.39 Å². The number of hydrogen-bond acceptors (Lipinski definition) is 4. The molecule has 1 fully saturated rings. The van der Waals surface area contributed by atoms with E-state index in [0.29, 0.717) is 26.0 Å². The van der Waals surface area contributed by atoms with Gasteiger partial charge in [0.15, 0.2) is 11.6 Å². The minimum Gasteiger partial charge on any atom is -0.491 e. The van der Waals surface area contributed by atoms with Gasteiger partial charge in [-0.1, -0.05) is 12.1 Å². The maximum Gasteiger partial charge on any atom is 0.220 e. The summed E-state index contributed by atoms with van der Waals surface area (Å²) in [5, 5.41) is 3.01. The highest BCUT2D eigenvalue weighted by Crippen LogP contribution is 2.20. The third-order valence-electron chi connectivity index (χ3n) is 4.64. The van der Waals surface area contributed by atoms with E-state index in [2.05, 4.69) is 37.9 Å². The van der Waals surface area contributed by atoms with Gasteiger partial charge in [0, 0.05) is 31.6 Å². The molecule has 0 unspecified atom stereocenters. The van der Waals surface area contributed by atoms with E-state index < -0.39 is 0 Å². The molecule has 1 aromatic carbocycles. The van der Waals surface area contributed by atoms with Crippen LogP contribution in [-0.4, -0.2) is 54.8 Å². The number of halogens is 1. The Kier molecular flexibility index (Phi) is 7.41. The lowest BCUT2D eigenvalue weighted by Gasteiger charge is -2.45. The molecule has 1 aliphatic heterocycles. The monoisotopic (exact) mass is 366 g/mol. The maximum atomic E-state index is 13.4. The van der Waals surface area contributed by atoms with E-state index in [1.807, 2.05) is 0 Å². The molecular weight excluding hydrogens is 335 g/mol. The number of ether oxygens (including phenoxy) is 2. The number of nitrogens with zero attached hydrogens (tertiary/aromatic N) is 1. The van der Waals surface area contributed by atoms with Gasteiger partial charge < -0.3 is 14.8 Å². The molecule has 1 amide bonds. The molecule has 0 radical (unpaired) electrons. The summed E-state index contributed by atoms with van der Waals surface area (Å²) in [6, 6.07) is 6.29. The van der Waals surface area contributed by atoms with E-state index in [4.69, 9.17) is 9.47 Å². The van der Waals surface area contributed by atoms with Gasteiger partial charge in [-0.2, -0.15) is 0 Å². The molecule has 1 N–H and O–H groups in total. The lowest BCUT2D eigenvalue weighted by atomic mass is 10.00. The number of rotatable bonds is 8. The lowest BCUT2D eigenvalue weighted by Crippen LogP contribution is -2.58. The van der Waals surface area contributed by atoms with Crippen molar-refractivity contribution < 1.29 is 18.7 Å². The molecule has 0 aromatic heterocycles. The maximum absolute atomic E-state index is 13.4. The zero-order chi connectivity index (χ0) is 19.2. The number of nitrogens with one attached hydrogen (secondary N) is 1. The molecule has 26 heavy (non-hydrogen) atoms. The minimum absolute atomic E-state index is 0.00966. The molecule has 1 aliphatic rings. The Morgan fingerprint density at radius 2 is 1.96 bits per heavy atom. The molecule has 2 atom stereocenters. The number of carbonyl (C=O) groups is 1. The van der Waals surface area contributed by atoms with Crippen molar-refractivity contribution in [2.24, 2.45) is 0 Å². The van der Waals surface area contributed by atoms with Crippen LogP contribution in [0.25, 0.3) is 0 Å². The fourth-order valence-corrected chi connectivity index (χ4v) is 3.16. The van der Waals surface area contributed by atoms with Gasteiger partial charge in [-0.05, 0) is 46.2 Å². The average molecular weight is 366 g/mol. The lowest BCUT2D eigenvalue weighted by molar-refractivity contribution is -0.123. The molecule has 0 spiro atoms. The Labute approximate surface area is 155 Å². The normalized spacial score (nSPS) is 21.4. The van der Waals surface area contributed by atoms with Crippen molar-refractivity contribution in [2.75, 3.05) is 26.2 Å². The summed E-state index contributed by atoms with van der Waals surface area (Å²) in [5.74, 6) is -0.165. The van der Waals surface area contributed by atoms with Gasteiger partial charge >= 0.3 is 0 Å². The SMILES string of the molecule is C[C@@H]1CN(C(C)(C)CNC(=O)CCCOc2ccccc2F)C[C@H](C)O1. The number of carbonyl (C=O) groups excluding carboxylic acids is 1. The van der Waals surface area contributed by atoms with E-state index >= 15 is 0 Å². The highest BCUT2D eigenvalue weighted by Gasteiger charge is 2.33. The first-order valence-electron chi connectivity index (χ1n) is 9.32.